The first-order valence-electron chi connectivity index (χ1n) is 6.72. The highest BCUT2D eigenvalue weighted by molar-refractivity contribution is 5.76. The minimum Gasteiger partial charge on any atom is -0.341 e. The quantitative estimate of drug-likeness (QED) is 0.687. The van der Waals surface area contributed by atoms with Crippen molar-refractivity contribution in [3.8, 4) is 0 Å². The van der Waals surface area contributed by atoms with Crippen LogP contribution in [0.15, 0.2) is 0 Å². The van der Waals surface area contributed by atoms with E-state index < -0.39 is 0 Å². The van der Waals surface area contributed by atoms with E-state index in [2.05, 4.69) is 11.8 Å². The molecule has 0 heterocycles. The molecule has 0 aliphatic heterocycles. The summed E-state index contributed by atoms with van der Waals surface area (Å²) in [6, 6.07) is 0.0845. The summed E-state index contributed by atoms with van der Waals surface area (Å²) in [5, 5.41) is 0. The summed E-state index contributed by atoms with van der Waals surface area (Å²) in [6.07, 6.45) is 3.95. The summed E-state index contributed by atoms with van der Waals surface area (Å²) >= 11 is 0. The van der Waals surface area contributed by atoms with Crippen LogP contribution in [-0.4, -0.2) is 55.5 Å². The zero-order chi connectivity index (χ0) is 12.8. The van der Waals surface area contributed by atoms with E-state index in [0.717, 1.165) is 26.1 Å². The zero-order valence-electron chi connectivity index (χ0n) is 11.5. The molecular formula is C13H27N3O. The van der Waals surface area contributed by atoms with Gasteiger partial charge in [0.25, 0.3) is 0 Å². The van der Waals surface area contributed by atoms with E-state index in [0.29, 0.717) is 12.3 Å². The molecule has 1 aliphatic rings. The maximum absolute atomic E-state index is 12.1. The van der Waals surface area contributed by atoms with Gasteiger partial charge < -0.3 is 15.5 Å². The number of hydrogen-bond donors (Lipinski definition) is 1. The predicted molar refractivity (Wildman–Crippen MR) is 70.7 cm³/mol. The second kappa shape index (κ2) is 6.97. The van der Waals surface area contributed by atoms with Gasteiger partial charge in [-0.25, -0.2) is 0 Å². The van der Waals surface area contributed by atoms with Gasteiger partial charge in [0.1, 0.15) is 0 Å². The molecule has 0 aromatic heterocycles. The molecule has 2 N–H and O–H groups in total. The normalized spacial score (nSPS) is 17.2. The molecule has 17 heavy (non-hydrogen) atoms. The third-order valence-corrected chi connectivity index (χ3v) is 3.30. The molecule has 0 aromatic carbocycles. The number of likely N-dealkylation sites (N-methyl/N-ethyl adjacent to an activating group) is 1. The van der Waals surface area contributed by atoms with E-state index in [1.54, 1.807) is 0 Å². The number of carbonyl (C=O) groups is 1. The van der Waals surface area contributed by atoms with Crippen LogP contribution in [0.4, 0.5) is 0 Å². The van der Waals surface area contributed by atoms with Crippen molar-refractivity contribution in [1.29, 1.82) is 0 Å². The Hall–Kier alpha value is -0.610. The monoisotopic (exact) mass is 241 g/mol. The Kier molecular flexibility index (Phi) is 5.92. The fourth-order valence-corrected chi connectivity index (χ4v) is 1.97. The standard InChI is InChI=1S/C13H27N3O/c1-4-7-16(9-8-15(2)3)13(17)10-12(14)11-5-6-11/h11-12H,4-10,14H2,1-3H3. The van der Waals surface area contributed by atoms with Crippen LogP contribution in [-0.2, 0) is 4.79 Å². The van der Waals surface area contributed by atoms with E-state index in [4.69, 9.17) is 5.73 Å². The average molecular weight is 241 g/mol. The van der Waals surface area contributed by atoms with E-state index in [1.165, 1.54) is 12.8 Å². The molecule has 4 nitrogen and oxygen atoms in total. The van der Waals surface area contributed by atoms with Gasteiger partial charge in [-0.1, -0.05) is 6.92 Å². The number of amides is 1. The summed E-state index contributed by atoms with van der Waals surface area (Å²) in [6.45, 7) is 4.70. The molecule has 1 unspecified atom stereocenters. The van der Waals surface area contributed by atoms with Crippen molar-refractivity contribution in [2.45, 2.75) is 38.6 Å². The topological polar surface area (TPSA) is 49.6 Å². The lowest BCUT2D eigenvalue weighted by atomic mass is 10.1. The Morgan fingerprint density at radius 2 is 1.94 bits per heavy atom. The van der Waals surface area contributed by atoms with Gasteiger partial charge in [0.05, 0.1) is 0 Å². The van der Waals surface area contributed by atoms with Crippen LogP contribution in [0.5, 0.6) is 0 Å². The van der Waals surface area contributed by atoms with E-state index in [-0.39, 0.29) is 11.9 Å². The fraction of sp³-hybridized carbons (Fsp3) is 0.923. The van der Waals surface area contributed by atoms with E-state index >= 15 is 0 Å². The first kappa shape index (κ1) is 14.5. The SMILES string of the molecule is CCCN(CCN(C)C)C(=O)CC(N)C1CC1. The highest BCUT2D eigenvalue weighted by Crippen LogP contribution is 2.32. The average Bonchev–Trinajstić information content (AvgIpc) is 3.07. The maximum atomic E-state index is 12.1. The number of nitrogens with two attached hydrogens (primary N) is 1. The molecule has 4 heteroatoms. The summed E-state index contributed by atoms with van der Waals surface area (Å²) in [7, 11) is 4.06. The number of nitrogens with zero attached hydrogens (tertiary/aromatic N) is 2. The summed E-state index contributed by atoms with van der Waals surface area (Å²) in [4.78, 5) is 16.2. The van der Waals surface area contributed by atoms with Crippen LogP contribution in [0.2, 0.25) is 0 Å². The molecule has 1 saturated carbocycles. The molecule has 0 bridgehead atoms. The number of hydrogen-bond acceptors (Lipinski definition) is 3. The molecule has 0 saturated heterocycles. The maximum Gasteiger partial charge on any atom is 0.224 e. The highest BCUT2D eigenvalue weighted by Gasteiger charge is 2.30. The molecule has 1 rings (SSSR count). The van der Waals surface area contributed by atoms with Crippen molar-refractivity contribution < 1.29 is 4.79 Å². The first-order chi connectivity index (χ1) is 8.04. The lowest BCUT2D eigenvalue weighted by molar-refractivity contribution is -0.131. The molecule has 100 valence electrons. The van der Waals surface area contributed by atoms with Crippen molar-refractivity contribution in [2.24, 2.45) is 11.7 Å². The van der Waals surface area contributed by atoms with Crippen molar-refractivity contribution >= 4 is 5.91 Å². The Bertz CT molecular complexity index is 239. The van der Waals surface area contributed by atoms with Gasteiger partial charge in [0.15, 0.2) is 0 Å². The molecule has 1 fully saturated rings. The number of rotatable bonds is 8. The smallest absolute Gasteiger partial charge is 0.224 e. The van der Waals surface area contributed by atoms with Crippen LogP contribution < -0.4 is 5.73 Å². The lowest BCUT2D eigenvalue weighted by Crippen LogP contribution is -2.40. The Balaban J connectivity index is 2.35. The first-order valence-corrected chi connectivity index (χ1v) is 6.72. The van der Waals surface area contributed by atoms with E-state index in [9.17, 15) is 4.79 Å². The van der Waals surface area contributed by atoms with Gasteiger partial charge in [-0.3, -0.25) is 4.79 Å². The van der Waals surface area contributed by atoms with Gasteiger partial charge in [0, 0.05) is 32.1 Å². The summed E-state index contributed by atoms with van der Waals surface area (Å²) < 4.78 is 0. The molecule has 0 aromatic rings. The van der Waals surface area contributed by atoms with Crippen LogP contribution in [0.25, 0.3) is 0 Å². The van der Waals surface area contributed by atoms with Gasteiger partial charge >= 0.3 is 0 Å². The minimum atomic E-state index is 0.0845. The van der Waals surface area contributed by atoms with Crippen LogP contribution in [0.1, 0.15) is 32.6 Å². The third kappa shape index (κ3) is 5.50. The van der Waals surface area contributed by atoms with E-state index in [1.807, 2.05) is 19.0 Å². The second-order valence-corrected chi connectivity index (χ2v) is 5.39. The molecule has 1 amide bonds. The van der Waals surface area contributed by atoms with Crippen molar-refractivity contribution in [3.05, 3.63) is 0 Å². The van der Waals surface area contributed by atoms with Crippen LogP contribution in [0, 0.1) is 5.92 Å². The Morgan fingerprint density at radius 1 is 1.29 bits per heavy atom. The molecule has 1 aliphatic carbocycles. The van der Waals surface area contributed by atoms with Gasteiger partial charge in [-0.05, 0) is 39.3 Å². The second-order valence-electron chi connectivity index (χ2n) is 5.39. The lowest BCUT2D eigenvalue weighted by Gasteiger charge is -2.25. The Morgan fingerprint density at radius 3 is 2.41 bits per heavy atom. The molecule has 1 atom stereocenters. The highest BCUT2D eigenvalue weighted by atomic mass is 16.2. The van der Waals surface area contributed by atoms with Crippen molar-refractivity contribution in [3.63, 3.8) is 0 Å². The minimum absolute atomic E-state index is 0.0845. The fourth-order valence-electron chi connectivity index (χ4n) is 1.97. The van der Waals surface area contributed by atoms with Gasteiger partial charge in [-0.2, -0.15) is 0 Å². The zero-order valence-corrected chi connectivity index (χ0v) is 11.5. The number of carbonyl (C=O) groups excluding carboxylic acids is 1. The molecular weight excluding hydrogens is 214 g/mol. The Labute approximate surface area is 105 Å². The van der Waals surface area contributed by atoms with Gasteiger partial charge in [0.2, 0.25) is 5.91 Å². The van der Waals surface area contributed by atoms with Gasteiger partial charge in [-0.15, -0.1) is 0 Å². The molecule has 0 spiro atoms. The van der Waals surface area contributed by atoms with Crippen molar-refractivity contribution in [2.75, 3.05) is 33.7 Å². The summed E-state index contributed by atoms with van der Waals surface area (Å²) in [5.74, 6) is 0.837. The molecule has 0 radical (unpaired) electrons. The van der Waals surface area contributed by atoms with Crippen LogP contribution in [0.3, 0.4) is 0 Å². The largest absolute Gasteiger partial charge is 0.341 e. The predicted octanol–water partition coefficient (Wildman–Crippen LogP) is 0.914. The summed E-state index contributed by atoms with van der Waals surface area (Å²) in [5.41, 5.74) is 6.01. The van der Waals surface area contributed by atoms with Crippen LogP contribution >= 0.6 is 0 Å². The van der Waals surface area contributed by atoms with Crippen molar-refractivity contribution in [1.82, 2.24) is 9.80 Å². The third-order valence-electron chi connectivity index (χ3n) is 3.30.